The highest BCUT2D eigenvalue weighted by molar-refractivity contribution is 7.86. The van der Waals surface area contributed by atoms with Crippen molar-refractivity contribution >= 4 is 22.7 Å². The second-order valence-electron chi connectivity index (χ2n) is 5.11. The summed E-state index contributed by atoms with van der Waals surface area (Å²) in [4.78, 5) is 21.6. The number of carboxylic acids is 1. The van der Waals surface area contributed by atoms with Crippen molar-refractivity contribution in [3.63, 3.8) is 0 Å². The van der Waals surface area contributed by atoms with Gasteiger partial charge in [0.1, 0.15) is 0 Å². The number of hydrogen-bond donors (Lipinski definition) is 2. The predicted molar refractivity (Wildman–Crippen MR) is 71.9 cm³/mol. The largest absolute Gasteiger partial charge is 0.481 e. The minimum absolute atomic E-state index is 0.0985. The van der Waals surface area contributed by atoms with E-state index in [4.69, 9.17) is 5.11 Å². The van der Waals surface area contributed by atoms with E-state index < -0.39 is 16.8 Å². The Kier molecular flexibility index (Phi) is 7.82. The first kappa shape index (κ1) is 17.1. The Bertz CT molecular complexity index is 310. The van der Waals surface area contributed by atoms with E-state index in [0.717, 1.165) is 0 Å². The van der Waals surface area contributed by atoms with Crippen LogP contribution in [0.25, 0.3) is 0 Å². The number of nitrogens with one attached hydrogen (secondary N) is 1. The molecule has 5 nitrogen and oxygen atoms in total. The molecule has 0 saturated carbocycles. The summed E-state index contributed by atoms with van der Waals surface area (Å²) >= 11 is 0. The van der Waals surface area contributed by atoms with Gasteiger partial charge in [0.15, 0.2) is 0 Å². The Labute approximate surface area is 111 Å². The lowest BCUT2D eigenvalue weighted by Crippen LogP contribution is -2.32. The molecule has 18 heavy (non-hydrogen) atoms. The number of carboxylic acid groups (broad SMARTS) is 1. The Morgan fingerprint density at radius 1 is 1.17 bits per heavy atom. The zero-order chi connectivity index (χ0) is 14.2. The summed E-state index contributed by atoms with van der Waals surface area (Å²) < 4.78 is 11.4. The standard InChI is InChI=1S/C12H23NO4S/c1-12(2,3)18(17)9-8-13-10(14)6-4-5-7-11(15)16/h4-9H2,1-3H3,(H,13,14)(H,15,16). The van der Waals surface area contributed by atoms with Crippen LogP contribution in [-0.4, -0.2) is 38.2 Å². The van der Waals surface area contributed by atoms with Gasteiger partial charge in [-0.1, -0.05) is 0 Å². The molecule has 2 N–H and O–H groups in total. The number of carbonyl (C=O) groups is 2. The zero-order valence-electron chi connectivity index (χ0n) is 11.3. The fourth-order valence-corrected chi connectivity index (χ4v) is 2.14. The Hall–Kier alpha value is -0.910. The molecule has 0 bridgehead atoms. The SMILES string of the molecule is CC(C)(C)S(=O)CCNC(=O)CCCCC(=O)O. The third-order valence-corrected chi connectivity index (χ3v) is 4.28. The van der Waals surface area contributed by atoms with Crippen LogP contribution in [-0.2, 0) is 20.4 Å². The summed E-state index contributed by atoms with van der Waals surface area (Å²) in [5.41, 5.74) is 0. The number of rotatable bonds is 8. The van der Waals surface area contributed by atoms with E-state index in [0.29, 0.717) is 31.6 Å². The third kappa shape index (κ3) is 9.15. The molecule has 1 amide bonds. The normalized spacial score (nSPS) is 13.1. The number of aliphatic carboxylic acids is 1. The molecule has 0 aliphatic heterocycles. The molecule has 6 heteroatoms. The summed E-state index contributed by atoms with van der Waals surface area (Å²) in [6.45, 7) is 6.10. The predicted octanol–water partition coefficient (Wildman–Crippen LogP) is 1.29. The van der Waals surface area contributed by atoms with Gasteiger partial charge in [0.05, 0.1) is 0 Å². The maximum Gasteiger partial charge on any atom is 0.303 e. The second kappa shape index (κ2) is 8.24. The molecule has 0 spiro atoms. The van der Waals surface area contributed by atoms with Crippen LogP contribution in [0.3, 0.4) is 0 Å². The molecule has 0 aliphatic rings. The van der Waals surface area contributed by atoms with Crippen LogP contribution in [0.15, 0.2) is 0 Å². The number of unbranched alkanes of at least 4 members (excludes halogenated alkanes) is 1. The molecule has 0 aromatic rings. The van der Waals surface area contributed by atoms with E-state index in [-0.39, 0.29) is 17.1 Å². The zero-order valence-corrected chi connectivity index (χ0v) is 12.1. The average Bonchev–Trinajstić information content (AvgIpc) is 2.22. The minimum Gasteiger partial charge on any atom is -0.481 e. The van der Waals surface area contributed by atoms with E-state index in [1.54, 1.807) is 0 Å². The third-order valence-electron chi connectivity index (χ3n) is 2.34. The Balaban J connectivity index is 3.60. The minimum atomic E-state index is -0.960. The average molecular weight is 277 g/mol. The highest BCUT2D eigenvalue weighted by Crippen LogP contribution is 2.10. The molecule has 1 atom stereocenters. The molecule has 0 saturated heterocycles. The van der Waals surface area contributed by atoms with Crippen LogP contribution in [0.4, 0.5) is 0 Å². The highest BCUT2D eigenvalue weighted by atomic mass is 32.2. The lowest BCUT2D eigenvalue weighted by molar-refractivity contribution is -0.137. The number of carbonyl (C=O) groups excluding carboxylic acids is 1. The first-order valence-electron chi connectivity index (χ1n) is 6.10. The summed E-state index contributed by atoms with van der Waals surface area (Å²) in [5, 5.41) is 11.1. The summed E-state index contributed by atoms with van der Waals surface area (Å²) in [5.74, 6) is -0.494. The van der Waals surface area contributed by atoms with Crippen molar-refractivity contribution in [3.05, 3.63) is 0 Å². The van der Waals surface area contributed by atoms with Gasteiger partial charge in [0.2, 0.25) is 5.91 Å². The Morgan fingerprint density at radius 3 is 2.22 bits per heavy atom. The van der Waals surface area contributed by atoms with Crippen molar-refractivity contribution in [2.24, 2.45) is 0 Å². The molecular weight excluding hydrogens is 254 g/mol. The van der Waals surface area contributed by atoms with E-state index in [2.05, 4.69) is 5.32 Å². The first-order chi connectivity index (χ1) is 8.23. The van der Waals surface area contributed by atoms with Gasteiger partial charge in [-0.25, -0.2) is 0 Å². The van der Waals surface area contributed by atoms with Gasteiger partial charge >= 0.3 is 5.97 Å². The van der Waals surface area contributed by atoms with E-state index in [9.17, 15) is 13.8 Å². The molecule has 0 rings (SSSR count). The van der Waals surface area contributed by atoms with Crippen molar-refractivity contribution in [1.29, 1.82) is 0 Å². The van der Waals surface area contributed by atoms with Crippen LogP contribution in [0.2, 0.25) is 0 Å². The number of hydrogen-bond acceptors (Lipinski definition) is 3. The van der Waals surface area contributed by atoms with Crippen molar-refractivity contribution in [1.82, 2.24) is 5.32 Å². The molecular formula is C12H23NO4S. The molecule has 0 aromatic carbocycles. The van der Waals surface area contributed by atoms with Gasteiger partial charge in [-0.2, -0.15) is 0 Å². The van der Waals surface area contributed by atoms with Crippen molar-refractivity contribution in [2.75, 3.05) is 12.3 Å². The van der Waals surface area contributed by atoms with Gasteiger partial charge in [0, 0.05) is 40.7 Å². The lowest BCUT2D eigenvalue weighted by atomic mass is 10.2. The van der Waals surface area contributed by atoms with Crippen molar-refractivity contribution < 1.29 is 18.9 Å². The lowest BCUT2D eigenvalue weighted by Gasteiger charge is -2.17. The van der Waals surface area contributed by atoms with Crippen LogP contribution in [0, 0.1) is 0 Å². The molecule has 106 valence electrons. The molecule has 1 unspecified atom stereocenters. The fourth-order valence-electron chi connectivity index (χ4n) is 1.24. The molecule has 0 heterocycles. The van der Waals surface area contributed by atoms with Gasteiger partial charge in [-0.3, -0.25) is 13.8 Å². The number of amides is 1. The van der Waals surface area contributed by atoms with Crippen LogP contribution >= 0.6 is 0 Å². The maximum atomic E-state index is 11.7. The smallest absolute Gasteiger partial charge is 0.303 e. The van der Waals surface area contributed by atoms with Gasteiger partial charge in [-0.15, -0.1) is 0 Å². The van der Waals surface area contributed by atoms with Crippen LogP contribution in [0.5, 0.6) is 0 Å². The monoisotopic (exact) mass is 277 g/mol. The Morgan fingerprint density at radius 2 is 1.72 bits per heavy atom. The van der Waals surface area contributed by atoms with E-state index in [1.165, 1.54) is 0 Å². The van der Waals surface area contributed by atoms with Gasteiger partial charge in [0.25, 0.3) is 0 Å². The summed E-state index contributed by atoms with van der Waals surface area (Å²) in [6.07, 6.45) is 1.51. The molecule has 0 aromatic heterocycles. The van der Waals surface area contributed by atoms with Crippen LogP contribution in [0.1, 0.15) is 46.5 Å². The molecule has 0 fully saturated rings. The molecule has 0 radical (unpaired) electrons. The molecule has 0 aliphatic carbocycles. The topological polar surface area (TPSA) is 83.5 Å². The van der Waals surface area contributed by atoms with E-state index >= 15 is 0 Å². The quantitative estimate of drug-likeness (QED) is 0.655. The van der Waals surface area contributed by atoms with Gasteiger partial charge < -0.3 is 10.4 Å². The van der Waals surface area contributed by atoms with Crippen LogP contribution < -0.4 is 5.32 Å². The second-order valence-corrected chi connectivity index (χ2v) is 7.44. The van der Waals surface area contributed by atoms with Gasteiger partial charge in [-0.05, 0) is 33.6 Å². The maximum absolute atomic E-state index is 11.7. The summed E-state index contributed by atoms with van der Waals surface area (Å²) in [7, 11) is -0.960. The fraction of sp³-hybridized carbons (Fsp3) is 0.833. The van der Waals surface area contributed by atoms with Crippen molar-refractivity contribution in [2.45, 2.75) is 51.2 Å². The van der Waals surface area contributed by atoms with E-state index in [1.807, 2.05) is 20.8 Å². The highest BCUT2D eigenvalue weighted by Gasteiger charge is 2.18. The first-order valence-corrected chi connectivity index (χ1v) is 7.42. The summed E-state index contributed by atoms with van der Waals surface area (Å²) in [6, 6.07) is 0. The van der Waals surface area contributed by atoms with Crippen molar-refractivity contribution in [3.8, 4) is 0 Å².